The summed E-state index contributed by atoms with van der Waals surface area (Å²) in [4.78, 5) is 23.7. The Labute approximate surface area is 173 Å². The fraction of sp³-hybridized carbons (Fsp3) is 0.318. The molecule has 0 aliphatic carbocycles. The molecule has 1 saturated heterocycles. The number of nitrogens with zero attached hydrogens (tertiary/aromatic N) is 3. The van der Waals surface area contributed by atoms with Crippen molar-refractivity contribution >= 4 is 28.3 Å². The number of benzene rings is 2. The van der Waals surface area contributed by atoms with Gasteiger partial charge in [0.2, 0.25) is 5.91 Å². The summed E-state index contributed by atoms with van der Waals surface area (Å²) in [6, 6.07) is 8.12. The number of nitrogens with one attached hydrogen (secondary N) is 1. The van der Waals surface area contributed by atoms with E-state index in [4.69, 9.17) is 9.47 Å². The van der Waals surface area contributed by atoms with Crippen LogP contribution in [0, 0.1) is 12.7 Å². The number of hydrogen-bond acceptors (Lipinski definition) is 6. The number of amides is 1. The summed E-state index contributed by atoms with van der Waals surface area (Å²) in [6.45, 7) is 2.62. The van der Waals surface area contributed by atoms with Gasteiger partial charge in [-0.25, -0.2) is 14.4 Å². The second-order valence-electron chi connectivity index (χ2n) is 7.25. The van der Waals surface area contributed by atoms with Gasteiger partial charge >= 0.3 is 0 Å². The number of rotatable bonds is 5. The van der Waals surface area contributed by atoms with Gasteiger partial charge in [-0.1, -0.05) is 6.07 Å². The summed E-state index contributed by atoms with van der Waals surface area (Å²) in [5, 5.41) is 3.63. The van der Waals surface area contributed by atoms with Gasteiger partial charge in [-0.3, -0.25) is 4.79 Å². The zero-order valence-electron chi connectivity index (χ0n) is 17.1. The van der Waals surface area contributed by atoms with Crippen LogP contribution in [-0.4, -0.2) is 42.7 Å². The number of ether oxygens (including phenoxy) is 2. The first kappa shape index (κ1) is 19.9. The van der Waals surface area contributed by atoms with E-state index in [1.54, 1.807) is 13.2 Å². The molecule has 0 spiro atoms. The van der Waals surface area contributed by atoms with Crippen LogP contribution in [0.1, 0.15) is 18.4 Å². The highest BCUT2D eigenvalue weighted by molar-refractivity contribution is 6.00. The lowest BCUT2D eigenvalue weighted by Crippen LogP contribution is -2.40. The molecule has 4 rings (SSSR count). The molecule has 2 heterocycles. The quantitative estimate of drug-likeness (QED) is 0.691. The van der Waals surface area contributed by atoms with Crippen molar-refractivity contribution in [3.8, 4) is 11.5 Å². The molecule has 30 heavy (non-hydrogen) atoms. The van der Waals surface area contributed by atoms with E-state index in [-0.39, 0.29) is 11.7 Å². The van der Waals surface area contributed by atoms with Crippen LogP contribution in [0.25, 0.3) is 10.9 Å². The van der Waals surface area contributed by atoms with Crippen LogP contribution in [0.2, 0.25) is 0 Å². The maximum atomic E-state index is 14.1. The minimum absolute atomic E-state index is 0.114. The topological polar surface area (TPSA) is 76.6 Å². The fourth-order valence-corrected chi connectivity index (χ4v) is 3.86. The fourth-order valence-electron chi connectivity index (χ4n) is 3.86. The molecule has 8 heteroatoms. The van der Waals surface area contributed by atoms with Gasteiger partial charge in [0.15, 0.2) is 11.6 Å². The van der Waals surface area contributed by atoms with Gasteiger partial charge in [-0.05, 0) is 43.5 Å². The van der Waals surface area contributed by atoms with Crippen molar-refractivity contribution in [3.05, 3.63) is 48.0 Å². The molecule has 3 aromatic rings. The maximum absolute atomic E-state index is 14.1. The Morgan fingerprint density at radius 2 is 1.97 bits per heavy atom. The first-order valence-electron chi connectivity index (χ1n) is 9.72. The number of methoxy groups -OCH3 is 2. The van der Waals surface area contributed by atoms with Crippen LogP contribution in [0.3, 0.4) is 0 Å². The summed E-state index contributed by atoms with van der Waals surface area (Å²) >= 11 is 0. The Morgan fingerprint density at radius 3 is 2.73 bits per heavy atom. The Morgan fingerprint density at radius 1 is 1.17 bits per heavy atom. The normalized spacial score (nSPS) is 16.0. The first-order valence-corrected chi connectivity index (χ1v) is 9.72. The van der Waals surface area contributed by atoms with Gasteiger partial charge in [0, 0.05) is 18.0 Å². The molecule has 0 bridgehead atoms. The maximum Gasteiger partial charge on any atom is 0.247 e. The van der Waals surface area contributed by atoms with Gasteiger partial charge in [0.25, 0.3) is 0 Å². The van der Waals surface area contributed by atoms with Crippen LogP contribution in [0.5, 0.6) is 11.5 Å². The molecule has 2 aromatic carbocycles. The average Bonchev–Trinajstić information content (AvgIpc) is 3.22. The van der Waals surface area contributed by atoms with E-state index >= 15 is 0 Å². The van der Waals surface area contributed by atoms with Gasteiger partial charge in [-0.2, -0.15) is 0 Å². The molecule has 1 aromatic heterocycles. The highest BCUT2D eigenvalue weighted by Crippen LogP contribution is 2.34. The number of hydrogen-bond donors (Lipinski definition) is 1. The molecule has 1 fully saturated rings. The lowest BCUT2D eigenvalue weighted by molar-refractivity contribution is -0.117. The van der Waals surface area contributed by atoms with E-state index in [9.17, 15) is 9.18 Å². The van der Waals surface area contributed by atoms with Gasteiger partial charge in [-0.15, -0.1) is 0 Å². The van der Waals surface area contributed by atoms with Crippen LogP contribution in [-0.2, 0) is 4.79 Å². The zero-order valence-corrected chi connectivity index (χ0v) is 17.1. The minimum Gasteiger partial charge on any atom is -0.495 e. The molecular weight excluding hydrogens is 387 g/mol. The SMILES string of the molecule is COc1cc2c(N3CCCC3C(=O)Nc3cc(C)ccc3OC)ncnc2cc1F. The molecule has 0 saturated carbocycles. The molecule has 0 radical (unpaired) electrons. The third-order valence-corrected chi connectivity index (χ3v) is 5.33. The van der Waals surface area contributed by atoms with E-state index in [1.807, 2.05) is 30.0 Å². The Kier molecular flexibility index (Phi) is 5.39. The van der Waals surface area contributed by atoms with Crippen LogP contribution >= 0.6 is 0 Å². The van der Waals surface area contributed by atoms with E-state index in [2.05, 4.69) is 15.3 Å². The largest absolute Gasteiger partial charge is 0.495 e. The molecular formula is C22H23FN4O3. The molecule has 156 valence electrons. The Bertz CT molecular complexity index is 1110. The van der Waals surface area contributed by atoms with Crippen LogP contribution in [0.15, 0.2) is 36.7 Å². The van der Waals surface area contributed by atoms with Crippen molar-refractivity contribution in [2.45, 2.75) is 25.8 Å². The summed E-state index contributed by atoms with van der Waals surface area (Å²) in [5.74, 6) is 0.677. The average molecular weight is 410 g/mol. The molecule has 7 nitrogen and oxygen atoms in total. The zero-order chi connectivity index (χ0) is 21.3. The van der Waals surface area contributed by atoms with E-state index < -0.39 is 11.9 Å². The Hall–Kier alpha value is -3.42. The summed E-state index contributed by atoms with van der Waals surface area (Å²) < 4.78 is 24.6. The molecule has 1 aliphatic heterocycles. The first-order chi connectivity index (χ1) is 14.5. The van der Waals surface area contributed by atoms with Crippen molar-refractivity contribution in [2.75, 3.05) is 31.0 Å². The second kappa shape index (κ2) is 8.14. The van der Waals surface area contributed by atoms with Crippen molar-refractivity contribution in [1.82, 2.24) is 9.97 Å². The van der Waals surface area contributed by atoms with Crippen molar-refractivity contribution in [1.29, 1.82) is 0 Å². The highest BCUT2D eigenvalue weighted by Gasteiger charge is 2.33. The summed E-state index contributed by atoms with van der Waals surface area (Å²) in [5.41, 5.74) is 2.11. The van der Waals surface area contributed by atoms with Crippen LogP contribution < -0.4 is 19.7 Å². The number of carbonyl (C=O) groups excluding carboxylic acids is 1. The predicted octanol–water partition coefficient (Wildman–Crippen LogP) is 3.70. The van der Waals surface area contributed by atoms with E-state index in [0.29, 0.717) is 41.1 Å². The lowest BCUT2D eigenvalue weighted by atomic mass is 10.1. The Balaban J connectivity index is 1.67. The summed E-state index contributed by atoms with van der Waals surface area (Å²) in [6.07, 6.45) is 2.91. The number of aromatic nitrogens is 2. The minimum atomic E-state index is -0.489. The number of anilines is 2. The molecule has 1 N–H and O–H groups in total. The number of fused-ring (bicyclic) bond motifs is 1. The number of carbonyl (C=O) groups is 1. The molecule has 1 unspecified atom stereocenters. The van der Waals surface area contributed by atoms with E-state index in [1.165, 1.54) is 19.5 Å². The third kappa shape index (κ3) is 3.60. The predicted molar refractivity (Wildman–Crippen MR) is 113 cm³/mol. The second-order valence-corrected chi connectivity index (χ2v) is 7.25. The highest BCUT2D eigenvalue weighted by atomic mass is 19.1. The van der Waals surface area contributed by atoms with Crippen molar-refractivity contribution < 1.29 is 18.7 Å². The third-order valence-electron chi connectivity index (χ3n) is 5.33. The molecule has 1 aliphatic rings. The smallest absolute Gasteiger partial charge is 0.247 e. The number of aryl methyl sites for hydroxylation is 1. The molecule has 1 atom stereocenters. The van der Waals surface area contributed by atoms with Crippen molar-refractivity contribution in [3.63, 3.8) is 0 Å². The lowest BCUT2D eigenvalue weighted by Gasteiger charge is -2.26. The number of halogens is 1. The van der Waals surface area contributed by atoms with Crippen LogP contribution in [0.4, 0.5) is 15.9 Å². The summed E-state index contributed by atoms with van der Waals surface area (Å²) in [7, 11) is 2.98. The molecule has 1 amide bonds. The standard InChI is InChI=1S/C22H23FN4O3/c1-13-6-7-19(29-2)17(9-13)26-22(28)18-5-4-8-27(18)21-14-10-20(30-3)15(23)11-16(14)24-12-25-21/h6-7,9-12,18H,4-5,8H2,1-3H3,(H,26,28). The van der Waals surface area contributed by atoms with Crippen molar-refractivity contribution in [2.24, 2.45) is 0 Å². The van der Waals surface area contributed by atoms with Gasteiger partial charge in [0.05, 0.1) is 25.4 Å². The van der Waals surface area contributed by atoms with Gasteiger partial charge < -0.3 is 19.7 Å². The monoisotopic (exact) mass is 410 g/mol. The van der Waals surface area contributed by atoms with E-state index in [0.717, 1.165) is 12.0 Å². The van der Waals surface area contributed by atoms with Gasteiger partial charge in [0.1, 0.15) is 23.9 Å².